The number of carboxylic acid groups (broad SMARTS) is 1. The third kappa shape index (κ3) is 2.96. The largest absolute Gasteiger partial charge is 0.478 e. The Morgan fingerprint density at radius 1 is 0.870 bits per heavy atom. The molecule has 3 aromatic rings. The van der Waals surface area contributed by atoms with Gasteiger partial charge in [0.2, 0.25) is 0 Å². The fourth-order valence-electron chi connectivity index (χ4n) is 2.43. The van der Waals surface area contributed by atoms with Crippen LogP contribution in [0.4, 0.5) is 5.69 Å². The van der Waals surface area contributed by atoms with Gasteiger partial charge in [-0.25, -0.2) is 4.79 Å². The van der Waals surface area contributed by atoms with Crippen LogP contribution in [0.3, 0.4) is 0 Å². The minimum absolute atomic E-state index is 0.0351. The quantitative estimate of drug-likeness (QED) is 0.711. The molecular weight excluding hydrogens is 358 g/mol. The first-order valence-electron chi connectivity index (χ1n) is 6.89. The van der Waals surface area contributed by atoms with Crippen LogP contribution >= 0.6 is 15.9 Å². The van der Waals surface area contributed by atoms with E-state index in [0.29, 0.717) is 10.0 Å². The number of nitrogens with one attached hydrogen (secondary N) is 1. The highest BCUT2D eigenvalue weighted by Crippen LogP contribution is 2.28. The highest BCUT2D eigenvalue weighted by Gasteiger charge is 2.17. The molecule has 0 saturated carbocycles. The third-order valence-corrected chi connectivity index (χ3v) is 4.18. The van der Waals surface area contributed by atoms with Gasteiger partial charge in [-0.3, -0.25) is 4.79 Å². The van der Waals surface area contributed by atoms with Crippen molar-refractivity contribution in [2.75, 3.05) is 5.32 Å². The van der Waals surface area contributed by atoms with Gasteiger partial charge in [0.1, 0.15) is 0 Å². The Kier molecular flexibility index (Phi) is 4.12. The SMILES string of the molecule is O=C(O)c1cccc(Br)c1NC(=O)c1cccc2ccccc12. The molecule has 0 aliphatic heterocycles. The number of hydrogen-bond donors (Lipinski definition) is 2. The minimum Gasteiger partial charge on any atom is -0.478 e. The summed E-state index contributed by atoms with van der Waals surface area (Å²) in [5.41, 5.74) is 0.779. The number of carbonyl (C=O) groups excluding carboxylic acids is 1. The summed E-state index contributed by atoms with van der Waals surface area (Å²) in [6, 6.07) is 17.7. The summed E-state index contributed by atoms with van der Waals surface area (Å²) in [6.07, 6.45) is 0. The Hall–Kier alpha value is -2.66. The van der Waals surface area contributed by atoms with Crippen LogP contribution in [0.2, 0.25) is 0 Å². The van der Waals surface area contributed by atoms with Crippen molar-refractivity contribution in [1.29, 1.82) is 0 Å². The van der Waals surface area contributed by atoms with E-state index >= 15 is 0 Å². The standard InChI is InChI=1S/C18H12BrNO3/c19-15-10-4-9-14(18(22)23)16(15)20-17(21)13-8-3-6-11-5-1-2-7-12(11)13/h1-10H,(H,20,21)(H,22,23). The molecule has 5 heteroatoms. The minimum atomic E-state index is -1.10. The lowest BCUT2D eigenvalue weighted by molar-refractivity contribution is 0.0698. The molecule has 0 heterocycles. The molecule has 1 amide bonds. The average molecular weight is 370 g/mol. The Balaban J connectivity index is 2.04. The van der Waals surface area contributed by atoms with Crippen LogP contribution in [-0.4, -0.2) is 17.0 Å². The lowest BCUT2D eigenvalue weighted by Crippen LogP contribution is -2.15. The molecule has 0 aliphatic carbocycles. The van der Waals surface area contributed by atoms with Crippen molar-refractivity contribution in [3.8, 4) is 0 Å². The normalized spacial score (nSPS) is 10.5. The van der Waals surface area contributed by atoms with Gasteiger partial charge < -0.3 is 10.4 Å². The molecular formula is C18H12BrNO3. The maximum Gasteiger partial charge on any atom is 0.337 e. The zero-order valence-electron chi connectivity index (χ0n) is 11.9. The van der Waals surface area contributed by atoms with E-state index in [1.165, 1.54) is 6.07 Å². The van der Waals surface area contributed by atoms with Crippen molar-refractivity contribution >= 4 is 44.3 Å². The fourth-order valence-corrected chi connectivity index (χ4v) is 2.90. The number of rotatable bonds is 3. The number of amides is 1. The summed E-state index contributed by atoms with van der Waals surface area (Å²) in [5.74, 6) is -1.45. The lowest BCUT2D eigenvalue weighted by atomic mass is 10.0. The molecule has 0 bridgehead atoms. The number of halogens is 1. The molecule has 3 rings (SSSR count). The Morgan fingerprint density at radius 2 is 1.52 bits per heavy atom. The number of carbonyl (C=O) groups is 2. The predicted molar refractivity (Wildman–Crippen MR) is 93.0 cm³/mol. The van der Waals surface area contributed by atoms with Crippen LogP contribution in [0.5, 0.6) is 0 Å². The van der Waals surface area contributed by atoms with E-state index in [4.69, 9.17) is 0 Å². The molecule has 114 valence electrons. The summed E-state index contributed by atoms with van der Waals surface area (Å²) < 4.78 is 0.519. The molecule has 0 fully saturated rings. The number of hydrogen-bond acceptors (Lipinski definition) is 2. The second-order valence-electron chi connectivity index (χ2n) is 4.95. The van der Waals surface area contributed by atoms with Gasteiger partial charge in [-0.05, 0) is 44.9 Å². The summed E-state index contributed by atoms with van der Waals surface area (Å²) in [7, 11) is 0. The topological polar surface area (TPSA) is 66.4 Å². The zero-order chi connectivity index (χ0) is 16.4. The van der Waals surface area contributed by atoms with Crippen molar-refractivity contribution in [1.82, 2.24) is 0 Å². The number of anilines is 1. The molecule has 0 spiro atoms. The molecule has 0 atom stereocenters. The van der Waals surface area contributed by atoms with E-state index in [0.717, 1.165) is 10.8 Å². The van der Waals surface area contributed by atoms with E-state index in [9.17, 15) is 14.7 Å². The highest BCUT2D eigenvalue weighted by molar-refractivity contribution is 9.10. The van der Waals surface area contributed by atoms with E-state index in [1.807, 2.05) is 30.3 Å². The third-order valence-electron chi connectivity index (χ3n) is 3.52. The number of carboxylic acids is 1. The number of para-hydroxylation sites is 1. The van der Waals surface area contributed by atoms with Gasteiger partial charge in [-0.15, -0.1) is 0 Å². The summed E-state index contributed by atoms with van der Waals surface area (Å²) in [4.78, 5) is 24.0. The number of fused-ring (bicyclic) bond motifs is 1. The van der Waals surface area contributed by atoms with E-state index in [2.05, 4.69) is 21.2 Å². The zero-order valence-corrected chi connectivity index (χ0v) is 13.5. The molecule has 3 aromatic carbocycles. The van der Waals surface area contributed by atoms with Gasteiger partial charge in [-0.1, -0.05) is 42.5 Å². The van der Waals surface area contributed by atoms with Gasteiger partial charge in [0, 0.05) is 10.0 Å². The molecule has 2 N–H and O–H groups in total. The second kappa shape index (κ2) is 6.22. The Labute approximate surface area is 140 Å². The van der Waals surface area contributed by atoms with Crippen molar-refractivity contribution < 1.29 is 14.7 Å². The predicted octanol–water partition coefficient (Wildman–Crippen LogP) is 4.55. The maximum absolute atomic E-state index is 12.6. The van der Waals surface area contributed by atoms with Gasteiger partial charge in [-0.2, -0.15) is 0 Å². The Morgan fingerprint density at radius 3 is 2.30 bits per heavy atom. The van der Waals surface area contributed by atoms with Crippen molar-refractivity contribution in [3.05, 3.63) is 76.3 Å². The summed E-state index contributed by atoms with van der Waals surface area (Å²) in [6.45, 7) is 0. The highest BCUT2D eigenvalue weighted by atomic mass is 79.9. The van der Waals surface area contributed by atoms with Gasteiger partial charge in [0.05, 0.1) is 11.3 Å². The van der Waals surface area contributed by atoms with Crippen LogP contribution in [0, 0.1) is 0 Å². The van der Waals surface area contributed by atoms with Crippen LogP contribution in [0.1, 0.15) is 20.7 Å². The van der Waals surface area contributed by atoms with Gasteiger partial charge in [0.15, 0.2) is 0 Å². The first-order valence-corrected chi connectivity index (χ1v) is 7.68. The molecule has 4 nitrogen and oxygen atoms in total. The van der Waals surface area contributed by atoms with Crippen LogP contribution in [0.25, 0.3) is 10.8 Å². The van der Waals surface area contributed by atoms with Crippen LogP contribution in [0.15, 0.2) is 65.1 Å². The fraction of sp³-hybridized carbons (Fsp3) is 0. The lowest BCUT2D eigenvalue weighted by Gasteiger charge is -2.12. The molecule has 0 radical (unpaired) electrons. The summed E-state index contributed by atoms with van der Waals surface area (Å²) >= 11 is 3.29. The Bertz CT molecular complexity index is 916. The molecule has 0 aliphatic rings. The molecule has 23 heavy (non-hydrogen) atoms. The average Bonchev–Trinajstić information content (AvgIpc) is 2.55. The first-order chi connectivity index (χ1) is 11.1. The van der Waals surface area contributed by atoms with Gasteiger partial charge >= 0.3 is 5.97 Å². The maximum atomic E-state index is 12.6. The smallest absolute Gasteiger partial charge is 0.337 e. The van der Waals surface area contributed by atoms with E-state index in [-0.39, 0.29) is 17.2 Å². The van der Waals surface area contributed by atoms with Crippen molar-refractivity contribution in [2.45, 2.75) is 0 Å². The second-order valence-corrected chi connectivity index (χ2v) is 5.80. The van der Waals surface area contributed by atoms with E-state index in [1.54, 1.807) is 24.3 Å². The number of benzene rings is 3. The van der Waals surface area contributed by atoms with Crippen molar-refractivity contribution in [2.24, 2.45) is 0 Å². The molecule has 0 aromatic heterocycles. The monoisotopic (exact) mass is 369 g/mol. The van der Waals surface area contributed by atoms with Crippen LogP contribution < -0.4 is 5.32 Å². The number of aromatic carboxylic acids is 1. The summed E-state index contributed by atoms with van der Waals surface area (Å²) in [5, 5.41) is 13.7. The van der Waals surface area contributed by atoms with Crippen molar-refractivity contribution in [3.63, 3.8) is 0 Å². The first kappa shape index (κ1) is 15.2. The van der Waals surface area contributed by atoms with Crippen LogP contribution in [-0.2, 0) is 0 Å². The van der Waals surface area contributed by atoms with Gasteiger partial charge in [0.25, 0.3) is 5.91 Å². The molecule has 0 saturated heterocycles. The molecule has 0 unspecified atom stereocenters. The van der Waals surface area contributed by atoms with E-state index < -0.39 is 5.97 Å².